The van der Waals surface area contributed by atoms with Crippen molar-refractivity contribution in [2.24, 2.45) is 5.92 Å². The van der Waals surface area contributed by atoms with E-state index in [-0.39, 0.29) is 17.3 Å². The molecule has 0 bridgehead atoms. The van der Waals surface area contributed by atoms with E-state index < -0.39 is 0 Å². The summed E-state index contributed by atoms with van der Waals surface area (Å²) in [5.74, 6) is -0.0248. The molecule has 0 aliphatic rings. The molecular formula is C17H24O2. The molecule has 2 nitrogen and oxygen atoms in total. The average Bonchev–Trinajstić information content (AvgIpc) is 2.34. The SMILES string of the molecule is COC(=O)C=C(c1ccc(C(C)(C)C)cc1)C(C)C. The van der Waals surface area contributed by atoms with E-state index in [0.29, 0.717) is 0 Å². The van der Waals surface area contributed by atoms with E-state index in [0.717, 1.165) is 11.1 Å². The topological polar surface area (TPSA) is 26.3 Å². The summed E-state index contributed by atoms with van der Waals surface area (Å²) in [7, 11) is 1.40. The first-order valence-corrected chi connectivity index (χ1v) is 6.66. The van der Waals surface area contributed by atoms with Gasteiger partial charge in [-0.15, -0.1) is 0 Å². The van der Waals surface area contributed by atoms with Crippen LogP contribution in [0.5, 0.6) is 0 Å². The Bertz CT molecular complexity index is 459. The second-order valence-electron chi connectivity index (χ2n) is 6.10. The van der Waals surface area contributed by atoms with Gasteiger partial charge in [0.05, 0.1) is 7.11 Å². The van der Waals surface area contributed by atoms with Crippen molar-refractivity contribution in [1.29, 1.82) is 0 Å². The van der Waals surface area contributed by atoms with Crippen molar-refractivity contribution in [2.75, 3.05) is 7.11 Å². The van der Waals surface area contributed by atoms with Gasteiger partial charge in [-0.1, -0.05) is 58.9 Å². The van der Waals surface area contributed by atoms with Crippen LogP contribution in [0, 0.1) is 5.92 Å². The molecular weight excluding hydrogens is 236 g/mol. The highest BCUT2D eigenvalue weighted by molar-refractivity contribution is 5.91. The Morgan fingerprint density at radius 1 is 1.16 bits per heavy atom. The maximum atomic E-state index is 11.4. The quantitative estimate of drug-likeness (QED) is 0.601. The van der Waals surface area contributed by atoms with Crippen LogP contribution in [0.15, 0.2) is 30.3 Å². The Hall–Kier alpha value is -1.57. The molecule has 0 N–H and O–H groups in total. The number of methoxy groups -OCH3 is 1. The van der Waals surface area contributed by atoms with E-state index in [2.05, 4.69) is 58.9 Å². The van der Waals surface area contributed by atoms with Gasteiger partial charge < -0.3 is 4.74 Å². The van der Waals surface area contributed by atoms with Crippen molar-refractivity contribution in [3.8, 4) is 0 Å². The molecule has 0 heterocycles. The third kappa shape index (κ3) is 4.23. The number of allylic oxidation sites excluding steroid dienone is 1. The molecule has 1 aromatic carbocycles. The van der Waals surface area contributed by atoms with Crippen LogP contribution in [0.4, 0.5) is 0 Å². The van der Waals surface area contributed by atoms with Gasteiger partial charge in [0.15, 0.2) is 0 Å². The molecule has 0 fully saturated rings. The first kappa shape index (κ1) is 15.5. The lowest BCUT2D eigenvalue weighted by Crippen LogP contribution is -2.11. The van der Waals surface area contributed by atoms with Gasteiger partial charge in [0.25, 0.3) is 0 Å². The Kier molecular flexibility index (Phi) is 4.93. The van der Waals surface area contributed by atoms with Gasteiger partial charge in [-0.3, -0.25) is 0 Å². The van der Waals surface area contributed by atoms with E-state index in [9.17, 15) is 4.79 Å². The molecule has 0 aromatic heterocycles. The normalized spacial score (nSPS) is 12.7. The minimum atomic E-state index is -0.302. The molecule has 0 aliphatic carbocycles. The number of rotatable bonds is 3. The second-order valence-corrected chi connectivity index (χ2v) is 6.10. The molecule has 0 amide bonds. The van der Waals surface area contributed by atoms with Crippen LogP contribution in [-0.2, 0) is 14.9 Å². The van der Waals surface area contributed by atoms with Crippen molar-refractivity contribution < 1.29 is 9.53 Å². The predicted molar refractivity (Wildman–Crippen MR) is 80.0 cm³/mol. The zero-order valence-corrected chi connectivity index (χ0v) is 12.8. The van der Waals surface area contributed by atoms with Crippen LogP contribution in [0.3, 0.4) is 0 Å². The third-order valence-electron chi connectivity index (χ3n) is 3.18. The highest BCUT2D eigenvalue weighted by atomic mass is 16.5. The Balaban J connectivity index is 3.12. The van der Waals surface area contributed by atoms with Crippen molar-refractivity contribution in [3.05, 3.63) is 41.5 Å². The summed E-state index contributed by atoms with van der Waals surface area (Å²) >= 11 is 0. The number of esters is 1. The highest BCUT2D eigenvalue weighted by Crippen LogP contribution is 2.27. The van der Waals surface area contributed by atoms with Crippen molar-refractivity contribution >= 4 is 11.5 Å². The summed E-state index contributed by atoms with van der Waals surface area (Å²) in [6, 6.07) is 8.41. The number of benzene rings is 1. The first-order chi connectivity index (χ1) is 8.75. The van der Waals surface area contributed by atoms with Crippen LogP contribution >= 0.6 is 0 Å². The minimum Gasteiger partial charge on any atom is -0.466 e. The molecule has 0 atom stereocenters. The maximum absolute atomic E-state index is 11.4. The number of carbonyl (C=O) groups excluding carboxylic acids is 1. The highest BCUT2D eigenvalue weighted by Gasteiger charge is 2.14. The van der Waals surface area contributed by atoms with Crippen LogP contribution in [0.1, 0.15) is 45.7 Å². The van der Waals surface area contributed by atoms with Crippen molar-refractivity contribution in [1.82, 2.24) is 0 Å². The number of hydrogen-bond acceptors (Lipinski definition) is 2. The van der Waals surface area contributed by atoms with Gasteiger partial charge in [-0.2, -0.15) is 0 Å². The first-order valence-electron chi connectivity index (χ1n) is 6.66. The van der Waals surface area contributed by atoms with Gasteiger partial charge in [0.2, 0.25) is 0 Å². The lowest BCUT2D eigenvalue weighted by molar-refractivity contribution is -0.134. The number of carbonyl (C=O) groups is 1. The van der Waals surface area contributed by atoms with Gasteiger partial charge in [-0.05, 0) is 28.0 Å². The molecule has 0 saturated heterocycles. The fraction of sp³-hybridized carbons (Fsp3) is 0.471. The predicted octanol–water partition coefficient (Wildman–Crippen LogP) is 4.20. The van der Waals surface area contributed by atoms with E-state index in [1.165, 1.54) is 12.7 Å². The fourth-order valence-corrected chi connectivity index (χ4v) is 1.93. The third-order valence-corrected chi connectivity index (χ3v) is 3.18. The number of hydrogen-bond donors (Lipinski definition) is 0. The molecule has 0 spiro atoms. The van der Waals surface area contributed by atoms with Crippen molar-refractivity contribution in [2.45, 2.75) is 40.0 Å². The fourth-order valence-electron chi connectivity index (χ4n) is 1.93. The summed E-state index contributed by atoms with van der Waals surface area (Å²) < 4.78 is 4.72. The molecule has 2 heteroatoms. The zero-order chi connectivity index (χ0) is 14.6. The van der Waals surface area contributed by atoms with E-state index in [4.69, 9.17) is 4.74 Å². The second kappa shape index (κ2) is 6.05. The Morgan fingerprint density at radius 2 is 1.68 bits per heavy atom. The van der Waals surface area contributed by atoms with Gasteiger partial charge in [0.1, 0.15) is 0 Å². The zero-order valence-electron chi connectivity index (χ0n) is 12.8. The summed E-state index contributed by atoms with van der Waals surface area (Å²) in [4.78, 5) is 11.4. The van der Waals surface area contributed by atoms with Crippen LogP contribution in [-0.4, -0.2) is 13.1 Å². The Labute approximate surface area is 116 Å². The van der Waals surface area contributed by atoms with E-state index in [1.54, 1.807) is 6.08 Å². The minimum absolute atomic E-state index is 0.141. The maximum Gasteiger partial charge on any atom is 0.330 e. The lowest BCUT2D eigenvalue weighted by Gasteiger charge is -2.20. The molecule has 0 aliphatic heterocycles. The molecule has 1 rings (SSSR count). The van der Waals surface area contributed by atoms with Gasteiger partial charge in [0, 0.05) is 6.08 Å². The smallest absolute Gasteiger partial charge is 0.330 e. The molecule has 0 radical (unpaired) electrons. The molecule has 19 heavy (non-hydrogen) atoms. The summed E-state index contributed by atoms with van der Waals surface area (Å²) in [6.07, 6.45) is 1.58. The number of ether oxygens (including phenoxy) is 1. The van der Waals surface area contributed by atoms with Gasteiger partial charge >= 0.3 is 5.97 Å². The molecule has 104 valence electrons. The summed E-state index contributed by atoms with van der Waals surface area (Å²) in [6.45, 7) is 10.7. The van der Waals surface area contributed by atoms with Crippen LogP contribution in [0.25, 0.3) is 5.57 Å². The average molecular weight is 260 g/mol. The molecule has 0 saturated carbocycles. The van der Waals surface area contributed by atoms with E-state index in [1.807, 2.05) is 0 Å². The molecule has 1 aromatic rings. The summed E-state index contributed by atoms with van der Waals surface area (Å²) in [5.41, 5.74) is 3.51. The molecule has 0 unspecified atom stereocenters. The summed E-state index contributed by atoms with van der Waals surface area (Å²) in [5, 5.41) is 0. The van der Waals surface area contributed by atoms with Crippen molar-refractivity contribution in [3.63, 3.8) is 0 Å². The largest absolute Gasteiger partial charge is 0.466 e. The monoisotopic (exact) mass is 260 g/mol. The van der Waals surface area contributed by atoms with Crippen LogP contribution < -0.4 is 0 Å². The Morgan fingerprint density at radius 3 is 2.05 bits per heavy atom. The lowest BCUT2D eigenvalue weighted by atomic mass is 9.85. The van der Waals surface area contributed by atoms with Crippen LogP contribution in [0.2, 0.25) is 0 Å². The van der Waals surface area contributed by atoms with E-state index >= 15 is 0 Å². The van der Waals surface area contributed by atoms with Gasteiger partial charge in [-0.25, -0.2) is 4.79 Å². The standard InChI is InChI=1S/C17H24O2/c1-12(2)15(11-16(18)19-6)13-7-9-14(10-8-13)17(3,4)5/h7-12H,1-6H3.